The van der Waals surface area contributed by atoms with Gasteiger partial charge in [-0.15, -0.1) is 0 Å². The Labute approximate surface area is 99.5 Å². The van der Waals surface area contributed by atoms with Gasteiger partial charge in [0.1, 0.15) is 11.4 Å². The van der Waals surface area contributed by atoms with Crippen molar-refractivity contribution in [1.82, 2.24) is 4.98 Å². The first-order valence-electron chi connectivity index (χ1n) is 5.11. The molecule has 0 aliphatic heterocycles. The number of hydrogen-bond donors (Lipinski definition) is 1. The lowest BCUT2D eigenvalue weighted by Crippen LogP contribution is -2.27. The predicted octanol–water partition coefficient (Wildman–Crippen LogP) is 3.21. The average Bonchev–Trinajstić information content (AvgIpc) is 2.14. The van der Waals surface area contributed by atoms with Gasteiger partial charge in [0.15, 0.2) is 0 Å². The Kier molecular flexibility index (Phi) is 3.83. The fourth-order valence-electron chi connectivity index (χ4n) is 1.08. The predicted molar refractivity (Wildman–Crippen MR) is 64.1 cm³/mol. The lowest BCUT2D eigenvalue weighted by atomic mass is 10.2. The van der Waals surface area contributed by atoms with Crippen molar-refractivity contribution in [3.05, 3.63) is 30.2 Å². The maximum absolute atomic E-state index is 13.3. The highest BCUT2D eigenvalue weighted by Crippen LogP contribution is 2.13. The molecule has 0 saturated carbocycles. The zero-order valence-electron chi connectivity index (χ0n) is 10.1. The van der Waals surface area contributed by atoms with E-state index >= 15 is 0 Å². The Morgan fingerprint density at radius 1 is 1.53 bits per heavy atom. The molecule has 0 radical (unpaired) electrons. The third-order valence-electron chi connectivity index (χ3n) is 1.73. The van der Waals surface area contributed by atoms with Crippen LogP contribution in [0.3, 0.4) is 0 Å². The van der Waals surface area contributed by atoms with Crippen LogP contribution in [0.1, 0.15) is 26.3 Å². The normalized spacial score (nSPS) is 10.8. The first-order valence-corrected chi connectivity index (χ1v) is 5.11. The third kappa shape index (κ3) is 4.22. The number of nitrogens with one attached hydrogen (secondary N) is 1. The van der Waals surface area contributed by atoms with Crippen LogP contribution in [0.4, 0.5) is 15.0 Å². The molecule has 0 atom stereocenters. The quantitative estimate of drug-likeness (QED) is 0.805. The van der Waals surface area contributed by atoms with E-state index in [9.17, 15) is 9.18 Å². The molecule has 0 spiro atoms. The highest BCUT2D eigenvalue weighted by atomic mass is 19.1. The van der Waals surface area contributed by atoms with Crippen LogP contribution < -0.4 is 5.32 Å². The number of nitrogens with zero attached hydrogens (tertiary/aromatic N) is 1. The third-order valence-corrected chi connectivity index (χ3v) is 1.73. The summed E-state index contributed by atoms with van der Waals surface area (Å²) in [6.45, 7) is 8.65. The monoisotopic (exact) mass is 238 g/mol. The largest absolute Gasteiger partial charge is 0.444 e. The van der Waals surface area contributed by atoms with Crippen LogP contribution in [0, 0.1) is 5.95 Å². The molecule has 1 aromatic heterocycles. The molecule has 1 heterocycles. The number of ether oxygens (including phenoxy) is 1. The van der Waals surface area contributed by atoms with Crippen LogP contribution in [0.2, 0.25) is 0 Å². The van der Waals surface area contributed by atoms with Crippen molar-refractivity contribution in [3.8, 4) is 0 Å². The number of halogens is 1. The van der Waals surface area contributed by atoms with Gasteiger partial charge in [0.25, 0.3) is 0 Å². The number of hydrogen-bond acceptors (Lipinski definition) is 3. The molecule has 1 aromatic rings. The van der Waals surface area contributed by atoms with Gasteiger partial charge in [-0.25, -0.2) is 9.78 Å². The van der Waals surface area contributed by atoms with Crippen molar-refractivity contribution in [2.75, 3.05) is 5.32 Å². The fraction of sp³-hybridized carbons (Fsp3) is 0.333. The van der Waals surface area contributed by atoms with E-state index in [1.54, 1.807) is 20.8 Å². The zero-order valence-corrected chi connectivity index (χ0v) is 10.1. The van der Waals surface area contributed by atoms with Gasteiger partial charge in [0.2, 0.25) is 5.95 Å². The van der Waals surface area contributed by atoms with Crippen molar-refractivity contribution < 1.29 is 13.9 Å². The second-order valence-corrected chi connectivity index (χ2v) is 4.41. The molecule has 0 saturated heterocycles. The fourth-order valence-corrected chi connectivity index (χ4v) is 1.08. The van der Waals surface area contributed by atoms with Gasteiger partial charge >= 0.3 is 6.09 Å². The van der Waals surface area contributed by atoms with Crippen molar-refractivity contribution in [2.24, 2.45) is 0 Å². The van der Waals surface area contributed by atoms with E-state index in [1.165, 1.54) is 18.2 Å². The van der Waals surface area contributed by atoms with Crippen LogP contribution in [-0.2, 0) is 4.74 Å². The summed E-state index contributed by atoms with van der Waals surface area (Å²) in [6, 6.07) is 2.95. The lowest BCUT2D eigenvalue weighted by Gasteiger charge is -2.19. The molecule has 0 unspecified atom stereocenters. The number of carbonyl (C=O) groups is 1. The van der Waals surface area contributed by atoms with Crippen molar-refractivity contribution in [1.29, 1.82) is 0 Å². The number of anilines is 1. The topological polar surface area (TPSA) is 51.2 Å². The van der Waals surface area contributed by atoms with Gasteiger partial charge in [-0.2, -0.15) is 4.39 Å². The standard InChI is InChI=1S/C12H15FN2O2/c1-5-8-6-7-9(14-10(8)13)15-11(16)17-12(2,3)4/h5-7H,1H2,2-4H3,(H,14,15,16). The van der Waals surface area contributed by atoms with E-state index in [-0.39, 0.29) is 11.4 Å². The Balaban J connectivity index is 2.73. The van der Waals surface area contributed by atoms with Crippen LogP contribution in [0.15, 0.2) is 18.7 Å². The van der Waals surface area contributed by atoms with Crippen LogP contribution in [0.25, 0.3) is 6.08 Å². The van der Waals surface area contributed by atoms with Crippen LogP contribution in [0.5, 0.6) is 0 Å². The zero-order chi connectivity index (χ0) is 13.1. The van der Waals surface area contributed by atoms with Gasteiger partial charge in [0.05, 0.1) is 0 Å². The van der Waals surface area contributed by atoms with E-state index in [0.29, 0.717) is 0 Å². The van der Waals surface area contributed by atoms with Crippen molar-refractivity contribution in [2.45, 2.75) is 26.4 Å². The molecule has 4 nitrogen and oxygen atoms in total. The van der Waals surface area contributed by atoms with Crippen molar-refractivity contribution >= 4 is 18.0 Å². The minimum atomic E-state index is -0.687. The molecule has 0 fully saturated rings. The molecule has 0 bridgehead atoms. The molecule has 1 amide bonds. The highest BCUT2D eigenvalue weighted by molar-refractivity contribution is 5.83. The number of amides is 1. The van der Waals surface area contributed by atoms with Crippen LogP contribution in [-0.4, -0.2) is 16.7 Å². The number of pyridine rings is 1. The Morgan fingerprint density at radius 2 is 2.18 bits per heavy atom. The van der Waals surface area contributed by atoms with Gasteiger partial charge in [-0.05, 0) is 32.9 Å². The van der Waals surface area contributed by atoms with E-state index in [2.05, 4.69) is 16.9 Å². The molecule has 0 aliphatic rings. The molecule has 5 heteroatoms. The number of aromatic nitrogens is 1. The smallest absolute Gasteiger partial charge is 0.413 e. The summed E-state index contributed by atoms with van der Waals surface area (Å²) in [5.74, 6) is -0.587. The van der Waals surface area contributed by atoms with E-state index < -0.39 is 17.6 Å². The minimum absolute atomic E-state index is 0.0994. The van der Waals surface area contributed by atoms with Gasteiger partial charge in [0, 0.05) is 5.56 Å². The molecule has 1 rings (SSSR count). The van der Waals surface area contributed by atoms with Gasteiger partial charge in [-0.1, -0.05) is 12.7 Å². The van der Waals surface area contributed by atoms with Crippen LogP contribution >= 0.6 is 0 Å². The molecule has 0 aliphatic carbocycles. The van der Waals surface area contributed by atoms with Gasteiger partial charge < -0.3 is 4.74 Å². The molecule has 1 N–H and O–H groups in total. The second-order valence-electron chi connectivity index (χ2n) is 4.41. The molecule has 17 heavy (non-hydrogen) atoms. The lowest BCUT2D eigenvalue weighted by molar-refractivity contribution is 0.0635. The summed E-state index contributed by atoms with van der Waals surface area (Å²) in [4.78, 5) is 14.9. The van der Waals surface area contributed by atoms with E-state index in [1.807, 2.05) is 0 Å². The summed E-state index contributed by atoms with van der Waals surface area (Å²) >= 11 is 0. The first kappa shape index (κ1) is 13.2. The molecular weight excluding hydrogens is 223 g/mol. The first-order chi connectivity index (χ1) is 7.81. The molecular formula is C12H15FN2O2. The van der Waals surface area contributed by atoms with E-state index in [0.717, 1.165) is 0 Å². The number of rotatable bonds is 2. The Morgan fingerprint density at radius 3 is 2.65 bits per heavy atom. The molecule has 92 valence electrons. The maximum Gasteiger partial charge on any atom is 0.413 e. The second kappa shape index (κ2) is 4.95. The Bertz CT molecular complexity index is 439. The van der Waals surface area contributed by atoms with E-state index in [4.69, 9.17) is 4.74 Å². The van der Waals surface area contributed by atoms with Crippen molar-refractivity contribution in [3.63, 3.8) is 0 Å². The molecule has 0 aromatic carbocycles. The highest BCUT2D eigenvalue weighted by Gasteiger charge is 2.16. The summed E-state index contributed by atoms with van der Waals surface area (Å²) in [6.07, 6.45) is 0.676. The maximum atomic E-state index is 13.3. The number of carbonyl (C=O) groups excluding carboxylic acids is 1. The SMILES string of the molecule is C=Cc1ccc(NC(=O)OC(C)(C)C)nc1F. The average molecular weight is 238 g/mol. The summed E-state index contributed by atoms with van der Waals surface area (Å²) < 4.78 is 18.3. The summed E-state index contributed by atoms with van der Waals surface area (Å²) in [5.41, 5.74) is -0.330. The Hall–Kier alpha value is -1.91. The summed E-state index contributed by atoms with van der Waals surface area (Å²) in [5, 5.41) is 2.34. The minimum Gasteiger partial charge on any atom is -0.444 e. The summed E-state index contributed by atoms with van der Waals surface area (Å²) in [7, 11) is 0. The van der Waals surface area contributed by atoms with Gasteiger partial charge in [-0.3, -0.25) is 5.32 Å².